The largest absolute Gasteiger partial charge is 1.00 e. The first-order valence-electron chi connectivity index (χ1n) is 8.98. The van der Waals surface area contributed by atoms with Crippen LogP contribution in [0.1, 0.15) is 58.3 Å². The zero-order valence-corrected chi connectivity index (χ0v) is 15.9. The van der Waals surface area contributed by atoms with Crippen LogP contribution in [0.4, 0.5) is 0 Å². The van der Waals surface area contributed by atoms with Gasteiger partial charge in [0, 0.05) is 18.8 Å². The number of quaternary nitrogens is 1. The Morgan fingerprint density at radius 1 is 1.00 bits per heavy atom. The van der Waals surface area contributed by atoms with Crippen molar-refractivity contribution in [3.8, 4) is 0 Å². The summed E-state index contributed by atoms with van der Waals surface area (Å²) in [6.45, 7) is 4.59. The van der Waals surface area contributed by atoms with Crippen LogP contribution in [0.3, 0.4) is 0 Å². The van der Waals surface area contributed by atoms with Gasteiger partial charge in [-0.25, -0.2) is 0 Å². The summed E-state index contributed by atoms with van der Waals surface area (Å²) in [5, 5.41) is 28.9. The van der Waals surface area contributed by atoms with Gasteiger partial charge in [0.1, 0.15) is 6.54 Å². The Morgan fingerprint density at radius 3 is 2.16 bits per heavy atom. The van der Waals surface area contributed by atoms with E-state index in [4.69, 9.17) is 5.11 Å². The molecule has 0 aliphatic rings. The Bertz CT molecular complexity index is 368. The molecule has 0 aromatic rings. The molecule has 0 aromatic heterocycles. The summed E-state index contributed by atoms with van der Waals surface area (Å²) in [6.07, 6.45) is 9.83. The molecule has 0 rings (SSSR count). The third kappa shape index (κ3) is 15.2. The molecule has 0 saturated heterocycles. The molecular weight excluding hydrogens is 317 g/mol. The van der Waals surface area contributed by atoms with Crippen molar-refractivity contribution in [1.82, 2.24) is 0 Å². The number of nitrogens with zero attached hydrogens (tertiary/aromatic N) is 1. The summed E-state index contributed by atoms with van der Waals surface area (Å²) >= 11 is 0. The smallest absolute Gasteiger partial charge is 0.550 e. The summed E-state index contributed by atoms with van der Waals surface area (Å²) in [6, 6.07) is 0. The van der Waals surface area contributed by atoms with E-state index >= 15 is 0 Å². The summed E-state index contributed by atoms with van der Waals surface area (Å²) in [4.78, 5) is 21.4. The molecule has 0 amide bonds. The maximum Gasteiger partial charge on any atom is 1.00 e. The minimum atomic E-state index is -1.07. The van der Waals surface area contributed by atoms with Gasteiger partial charge >= 0.3 is 24.8 Å². The maximum atomic E-state index is 10.8. The molecular formula is C18H33LiNO5+. The molecule has 1 unspecified atom stereocenters. The predicted octanol–water partition coefficient (Wildman–Crippen LogP) is -1.67. The molecule has 0 aliphatic heterocycles. The van der Waals surface area contributed by atoms with Gasteiger partial charge < -0.3 is 24.6 Å². The second-order valence-electron chi connectivity index (χ2n) is 6.36. The maximum absolute atomic E-state index is 10.8. The van der Waals surface area contributed by atoms with E-state index in [9.17, 15) is 19.8 Å². The van der Waals surface area contributed by atoms with Crippen molar-refractivity contribution in [2.45, 2.75) is 58.3 Å². The van der Waals surface area contributed by atoms with E-state index in [1.807, 2.05) is 0 Å². The first kappa shape index (κ1) is 26.4. The van der Waals surface area contributed by atoms with Gasteiger partial charge in [0.15, 0.2) is 0 Å². The number of carbonyl (C=O) groups is 2. The van der Waals surface area contributed by atoms with Crippen LogP contribution in [0, 0.1) is 0 Å². The fraction of sp³-hybridized carbons (Fsp3) is 0.778. The van der Waals surface area contributed by atoms with Gasteiger partial charge in [0.2, 0.25) is 0 Å². The van der Waals surface area contributed by atoms with Crippen LogP contribution >= 0.6 is 0 Å². The number of hydrogen-bond acceptors (Lipinski definition) is 4. The van der Waals surface area contributed by atoms with Gasteiger partial charge in [-0.05, 0) is 25.3 Å². The zero-order chi connectivity index (χ0) is 18.3. The van der Waals surface area contributed by atoms with Crippen molar-refractivity contribution >= 4 is 11.9 Å². The molecule has 0 fully saturated rings. The SMILES string of the molecule is CCCCC/C=C/C[N+](CCO)(CCCC(=O)[O-])CCCC(=O)O.[Li+]. The molecule has 7 heteroatoms. The summed E-state index contributed by atoms with van der Waals surface area (Å²) in [7, 11) is 0. The van der Waals surface area contributed by atoms with Crippen LogP contribution in [0.15, 0.2) is 12.2 Å². The van der Waals surface area contributed by atoms with E-state index in [0.29, 0.717) is 43.5 Å². The standard InChI is InChI=1S/C18H33NO5.Li/c1-2-3-4-5-6-7-12-19(15-16-20,13-8-10-17(21)22)14-9-11-18(23)24;/h6-7,20H,2-5,8-16H2,1H3,(H-,21,22,23,24);/q;+1/b7-6+;. The van der Waals surface area contributed by atoms with Crippen molar-refractivity contribution in [1.29, 1.82) is 0 Å². The van der Waals surface area contributed by atoms with Crippen LogP contribution in [0.2, 0.25) is 0 Å². The molecule has 0 saturated carbocycles. The van der Waals surface area contributed by atoms with Gasteiger partial charge in [-0.15, -0.1) is 0 Å². The van der Waals surface area contributed by atoms with Gasteiger partial charge in [-0.1, -0.05) is 25.8 Å². The van der Waals surface area contributed by atoms with Crippen LogP contribution in [0.25, 0.3) is 0 Å². The summed E-state index contributed by atoms with van der Waals surface area (Å²) in [5.41, 5.74) is 0. The first-order chi connectivity index (χ1) is 11.5. The zero-order valence-electron chi connectivity index (χ0n) is 15.9. The molecule has 0 aliphatic carbocycles. The molecule has 0 radical (unpaired) electrons. The second kappa shape index (κ2) is 16.7. The number of rotatable bonds is 16. The topological polar surface area (TPSA) is 97.7 Å². The number of carboxylic acids is 2. The Hall–Kier alpha value is -0.803. The molecule has 0 spiro atoms. The monoisotopic (exact) mass is 350 g/mol. The molecule has 0 aromatic carbocycles. The third-order valence-corrected chi connectivity index (χ3v) is 4.24. The quantitative estimate of drug-likeness (QED) is 0.150. The van der Waals surface area contributed by atoms with Crippen molar-refractivity contribution in [3.05, 3.63) is 12.2 Å². The van der Waals surface area contributed by atoms with E-state index < -0.39 is 11.9 Å². The Kier molecular flexibility index (Phi) is 17.6. The number of aliphatic carboxylic acids is 2. The Labute approximate surface area is 163 Å². The Morgan fingerprint density at radius 2 is 1.64 bits per heavy atom. The number of carboxylic acid groups (broad SMARTS) is 2. The van der Waals surface area contributed by atoms with Gasteiger partial charge in [-0.2, -0.15) is 0 Å². The van der Waals surface area contributed by atoms with Gasteiger partial charge in [0.05, 0.1) is 32.7 Å². The number of aliphatic hydroxyl groups excluding tert-OH is 1. The van der Waals surface area contributed by atoms with E-state index in [1.54, 1.807) is 0 Å². The number of unbranched alkanes of at least 4 members (excludes halogenated alkanes) is 3. The average molecular weight is 350 g/mol. The van der Waals surface area contributed by atoms with Crippen LogP contribution < -0.4 is 24.0 Å². The predicted molar refractivity (Wildman–Crippen MR) is 91.2 cm³/mol. The van der Waals surface area contributed by atoms with E-state index in [-0.39, 0.29) is 38.3 Å². The average Bonchev–Trinajstić information content (AvgIpc) is 2.50. The fourth-order valence-corrected chi connectivity index (χ4v) is 2.87. The van der Waals surface area contributed by atoms with Crippen molar-refractivity contribution in [2.24, 2.45) is 0 Å². The van der Waals surface area contributed by atoms with Crippen LogP contribution in [-0.4, -0.2) is 59.4 Å². The van der Waals surface area contributed by atoms with E-state index in [2.05, 4.69) is 19.1 Å². The minimum absolute atomic E-state index is 0. The number of carbonyl (C=O) groups excluding carboxylic acids is 1. The minimum Gasteiger partial charge on any atom is -0.550 e. The molecule has 140 valence electrons. The number of allylic oxidation sites excluding steroid dienone is 1. The first-order valence-corrected chi connectivity index (χ1v) is 8.98. The summed E-state index contributed by atoms with van der Waals surface area (Å²) < 4.78 is 0.529. The molecule has 1 atom stereocenters. The second-order valence-corrected chi connectivity index (χ2v) is 6.36. The Balaban J connectivity index is 0. The van der Waals surface area contributed by atoms with Crippen LogP contribution in [0.5, 0.6) is 0 Å². The number of aliphatic hydroxyl groups is 1. The van der Waals surface area contributed by atoms with E-state index in [1.165, 1.54) is 12.8 Å². The van der Waals surface area contributed by atoms with Gasteiger partial charge in [-0.3, -0.25) is 4.79 Å². The van der Waals surface area contributed by atoms with Crippen molar-refractivity contribution in [3.63, 3.8) is 0 Å². The van der Waals surface area contributed by atoms with E-state index in [0.717, 1.165) is 12.8 Å². The molecule has 0 heterocycles. The summed E-state index contributed by atoms with van der Waals surface area (Å²) in [5.74, 6) is -1.90. The molecule has 6 nitrogen and oxygen atoms in total. The third-order valence-electron chi connectivity index (χ3n) is 4.24. The normalized spacial score (nSPS) is 13.4. The molecule has 0 bridgehead atoms. The van der Waals surface area contributed by atoms with Crippen molar-refractivity contribution < 1.29 is 48.3 Å². The molecule has 25 heavy (non-hydrogen) atoms. The fourth-order valence-electron chi connectivity index (χ4n) is 2.87. The van der Waals surface area contributed by atoms with Crippen molar-refractivity contribution in [2.75, 3.05) is 32.8 Å². The number of hydrogen-bond donors (Lipinski definition) is 2. The van der Waals surface area contributed by atoms with Gasteiger partial charge in [0.25, 0.3) is 0 Å². The van der Waals surface area contributed by atoms with Crippen LogP contribution in [-0.2, 0) is 9.59 Å². The molecule has 2 N–H and O–H groups in total.